The van der Waals surface area contributed by atoms with Gasteiger partial charge in [-0.25, -0.2) is 0 Å². The molecule has 2 N–H and O–H groups in total. The summed E-state index contributed by atoms with van der Waals surface area (Å²) in [5.41, 5.74) is 3.45. The molecule has 66 heavy (non-hydrogen) atoms. The molecule has 2 aromatic rings. The molecule has 1 aliphatic heterocycles. The number of hydrogen-bond donors (Lipinski definition) is 2. The van der Waals surface area contributed by atoms with E-state index in [9.17, 15) is 14.4 Å². The zero-order valence-corrected chi connectivity index (χ0v) is 39.9. The first-order valence-corrected chi connectivity index (χ1v) is 23.7. The number of alkyl halides is 1. The Kier molecular flexibility index (Phi) is 34.8. The third-order valence-corrected chi connectivity index (χ3v) is 9.60. The largest absolute Gasteiger partial charge is 0.379 e. The number of ether oxygens (including phenoxy) is 12. The number of amides is 3. The van der Waals surface area contributed by atoms with Gasteiger partial charge in [-0.1, -0.05) is 58.1 Å². The second kappa shape index (κ2) is 40.5. The molecule has 0 aliphatic carbocycles. The highest BCUT2D eigenvalue weighted by molar-refractivity contribution is 9.09. The molecule has 1 aliphatic rings. The molecule has 0 fully saturated rings. The van der Waals surface area contributed by atoms with Gasteiger partial charge in [0.25, 0.3) is 0 Å². The van der Waals surface area contributed by atoms with E-state index >= 15 is 0 Å². The summed E-state index contributed by atoms with van der Waals surface area (Å²) in [4.78, 5) is 38.4. The zero-order chi connectivity index (χ0) is 46.8. The van der Waals surface area contributed by atoms with Gasteiger partial charge in [0, 0.05) is 37.1 Å². The number of halogens is 1. The van der Waals surface area contributed by atoms with Crippen molar-refractivity contribution in [3.05, 3.63) is 65.2 Å². The van der Waals surface area contributed by atoms with Gasteiger partial charge in [-0.3, -0.25) is 14.4 Å². The molecular formula is C47H70BrN3O15. The smallest absolute Gasteiger partial charge is 0.230 e. The number of hydrogen-bond acceptors (Lipinski definition) is 15. The zero-order valence-electron chi connectivity index (χ0n) is 38.3. The number of para-hydroxylation sites is 1. The Bertz CT molecular complexity index is 1630. The second-order valence-electron chi connectivity index (χ2n) is 14.1. The normalized spacial score (nSPS) is 11.9. The van der Waals surface area contributed by atoms with Crippen LogP contribution in [0.1, 0.15) is 29.5 Å². The van der Waals surface area contributed by atoms with Crippen LogP contribution >= 0.6 is 15.9 Å². The highest BCUT2D eigenvalue weighted by Crippen LogP contribution is 2.25. The number of carbonyl (C=O) groups is 3. The van der Waals surface area contributed by atoms with E-state index in [1.807, 2.05) is 48.5 Å². The Balaban J connectivity index is 0.956. The predicted molar refractivity (Wildman–Crippen MR) is 249 cm³/mol. The minimum atomic E-state index is -0.176. The molecule has 0 bridgehead atoms. The molecule has 0 saturated carbocycles. The van der Waals surface area contributed by atoms with Crippen LogP contribution in [-0.2, 0) is 77.8 Å². The number of benzene rings is 2. The van der Waals surface area contributed by atoms with E-state index in [1.165, 1.54) is 0 Å². The fourth-order valence-electron chi connectivity index (χ4n) is 5.74. The molecule has 0 spiro atoms. The Hall–Kier alpha value is -3.59. The molecule has 19 heteroatoms. The van der Waals surface area contributed by atoms with Crippen molar-refractivity contribution in [2.45, 2.75) is 19.4 Å². The average molecular weight is 997 g/mol. The van der Waals surface area contributed by atoms with Gasteiger partial charge in [0.2, 0.25) is 17.7 Å². The van der Waals surface area contributed by atoms with Crippen LogP contribution in [0, 0.1) is 11.8 Å². The van der Waals surface area contributed by atoms with Crippen LogP contribution in [0.4, 0.5) is 5.69 Å². The maximum absolute atomic E-state index is 13.3. The summed E-state index contributed by atoms with van der Waals surface area (Å²) in [6, 6.07) is 15.4. The van der Waals surface area contributed by atoms with Gasteiger partial charge in [-0.15, -0.1) is 0 Å². The maximum atomic E-state index is 13.3. The lowest BCUT2D eigenvalue weighted by Gasteiger charge is -2.26. The van der Waals surface area contributed by atoms with Crippen molar-refractivity contribution < 1.29 is 71.2 Å². The Morgan fingerprint density at radius 1 is 0.439 bits per heavy atom. The molecule has 2 aromatic carbocycles. The van der Waals surface area contributed by atoms with Crippen LogP contribution in [0.5, 0.6) is 0 Å². The number of carbonyl (C=O) groups excluding carboxylic acids is 3. The number of fused-ring (bicyclic) bond motifs is 2. The van der Waals surface area contributed by atoms with Crippen molar-refractivity contribution in [3.8, 4) is 11.8 Å². The minimum Gasteiger partial charge on any atom is -0.379 e. The predicted octanol–water partition coefficient (Wildman–Crippen LogP) is 2.54. The standard InChI is InChI=1S/C47H70BrN3O15/c48-39-46(53)50-14-16-56-18-20-58-22-24-60-26-28-62-30-32-64-34-36-66-38-37-65-35-33-63-31-29-61-27-25-59-23-21-57-19-17-55-15-12-45(52)49-13-11-47(54)51-40-43-7-2-1-5-41(43)9-10-42-6-3-4-8-44(42)51/h1-8H,11-40H2,(H,49,52)(H,50,53). The fraction of sp³-hybridized carbons (Fsp3) is 0.638. The van der Waals surface area contributed by atoms with Crippen molar-refractivity contribution in [2.75, 3.05) is 182 Å². The van der Waals surface area contributed by atoms with Crippen molar-refractivity contribution in [2.24, 2.45) is 0 Å². The van der Waals surface area contributed by atoms with Gasteiger partial charge in [0.05, 0.1) is 176 Å². The van der Waals surface area contributed by atoms with E-state index in [-0.39, 0.29) is 49.0 Å². The summed E-state index contributed by atoms with van der Waals surface area (Å²) in [6.07, 6.45) is 0.360. The fourth-order valence-corrected chi connectivity index (χ4v) is 5.93. The lowest BCUT2D eigenvalue weighted by atomic mass is 10.0. The maximum Gasteiger partial charge on any atom is 0.230 e. The van der Waals surface area contributed by atoms with E-state index in [1.54, 1.807) is 4.90 Å². The highest BCUT2D eigenvalue weighted by Gasteiger charge is 2.21. The summed E-state index contributed by atoms with van der Waals surface area (Å²) in [7, 11) is 0. The van der Waals surface area contributed by atoms with Crippen molar-refractivity contribution in [3.63, 3.8) is 0 Å². The van der Waals surface area contributed by atoms with E-state index in [4.69, 9.17) is 56.8 Å². The number of nitrogens with one attached hydrogen (secondary N) is 2. The van der Waals surface area contributed by atoms with Crippen LogP contribution in [0.15, 0.2) is 48.5 Å². The average Bonchev–Trinajstić information content (AvgIpc) is 3.32. The van der Waals surface area contributed by atoms with E-state index in [0.717, 1.165) is 22.4 Å². The Morgan fingerprint density at radius 2 is 0.803 bits per heavy atom. The molecule has 18 nitrogen and oxygen atoms in total. The lowest BCUT2D eigenvalue weighted by Crippen LogP contribution is -2.35. The topological polar surface area (TPSA) is 189 Å². The monoisotopic (exact) mass is 995 g/mol. The molecule has 370 valence electrons. The number of nitrogens with zero attached hydrogens (tertiary/aromatic N) is 1. The van der Waals surface area contributed by atoms with Gasteiger partial charge < -0.3 is 72.4 Å². The summed E-state index contributed by atoms with van der Waals surface area (Å²) >= 11 is 3.08. The van der Waals surface area contributed by atoms with Gasteiger partial charge in [-0.05, 0) is 23.8 Å². The molecule has 3 rings (SSSR count). The molecule has 0 unspecified atom stereocenters. The Labute approximate surface area is 398 Å². The summed E-state index contributed by atoms with van der Waals surface area (Å²) in [5, 5.41) is 5.81. The molecule has 3 amide bonds. The molecule has 0 saturated heterocycles. The first kappa shape index (κ1) is 56.7. The Morgan fingerprint density at radius 3 is 1.26 bits per heavy atom. The molecule has 0 aromatic heterocycles. The van der Waals surface area contributed by atoms with Crippen LogP contribution in [0.25, 0.3) is 0 Å². The first-order valence-electron chi connectivity index (χ1n) is 22.6. The third kappa shape index (κ3) is 29.2. The van der Waals surface area contributed by atoms with Gasteiger partial charge in [-0.2, -0.15) is 0 Å². The highest BCUT2D eigenvalue weighted by atomic mass is 79.9. The van der Waals surface area contributed by atoms with E-state index in [2.05, 4.69) is 38.4 Å². The number of anilines is 1. The van der Waals surface area contributed by atoms with Crippen LogP contribution in [0.2, 0.25) is 0 Å². The quantitative estimate of drug-likeness (QED) is 0.0560. The number of rotatable bonds is 43. The summed E-state index contributed by atoms with van der Waals surface area (Å²) < 4.78 is 65.8. The minimum absolute atomic E-state index is 0.0637. The van der Waals surface area contributed by atoms with Crippen molar-refractivity contribution in [1.82, 2.24) is 10.6 Å². The van der Waals surface area contributed by atoms with Crippen LogP contribution in [-0.4, -0.2) is 195 Å². The van der Waals surface area contributed by atoms with Crippen molar-refractivity contribution in [1.29, 1.82) is 0 Å². The second-order valence-corrected chi connectivity index (χ2v) is 14.6. The molecule has 1 heterocycles. The van der Waals surface area contributed by atoms with E-state index < -0.39 is 0 Å². The summed E-state index contributed by atoms with van der Waals surface area (Å²) in [5.74, 6) is 6.09. The van der Waals surface area contributed by atoms with E-state index in [0.29, 0.717) is 165 Å². The molecular weight excluding hydrogens is 926 g/mol. The van der Waals surface area contributed by atoms with Gasteiger partial charge in [0.15, 0.2) is 0 Å². The van der Waals surface area contributed by atoms with Gasteiger partial charge >= 0.3 is 0 Å². The first-order chi connectivity index (χ1) is 32.6. The molecule has 0 atom stereocenters. The van der Waals surface area contributed by atoms with Crippen molar-refractivity contribution >= 4 is 39.3 Å². The third-order valence-electron chi connectivity index (χ3n) is 9.09. The van der Waals surface area contributed by atoms with Crippen LogP contribution < -0.4 is 15.5 Å². The summed E-state index contributed by atoms with van der Waals surface area (Å²) in [6.45, 7) is 12.0. The lowest BCUT2D eigenvalue weighted by molar-refractivity contribution is -0.123. The molecule has 0 radical (unpaired) electrons. The van der Waals surface area contributed by atoms with Gasteiger partial charge in [0.1, 0.15) is 0 Å². The van der Waals surface area contributed by atoms with Crippen LogP contribution in [0.3, 0.4) is 0 Å². The SMILES string of the molecule is O=C(CBr)NCCOCCOCCOCCOCCOCCOCCOCCOCCOCCOCCOCCOCCC(=O)NCCC(=O)N1Cc2ccccc2C#Cc2ccccc21.